The summed E-state index contributed by atoms with van der Waals surface area (Å²) in [4.78, 5) is 15.1. The van der Waals surface area contributed by atoms with Gasteiger partial charge in [-0.05, 0) is 118 Å². The topological polar surface area (TPSA) is 20.3 Å². The molecule has 1 aromatic carbocycles. The van der Waals surface area contributed by atoms with Crippen LogP contribution in [-0.4, -0.2) is 18.4 Å². The van der Waals surface area contributed by atoms with Gasteiger partial charge in [0.25, 0.3) is 0 Å². The van der Waals surface area contributed by atoms with Gasteiger partial charge in [-0.25, -0.2) is 0 Å². The highest BCUT2D eigenvalue weighted by Crippen LogP contribution is 2.67. The van der Waals surface area contributed by atoms with E-state index in [-0.39, 0.29) is 0 Å². The number of para-hydroxylation sites is 1. The van der Waals surface area contributed by atoms with Crippen LogP contribution in [0.25, 0.3) is 0 Å². The fourth-order valence-electron chi connectivity index (χ4n) is 9.46. The molecule has 0 saturated heterocycles. The van der Waals surface area contributed by atoms with Gasteiger partial charge in [0.1, 0.15) is 5.78 Å². The van der Waals surface area contributed by atoms with Gasteiger partial charge in [-0.2, -0.15) is 0 Å². The number of rotatable bonds is 4. The lowest BCUT2D eigenvalue weighted by Crippen LogP contribution is -2.55. The van der Waals surface area contributed by atoms with E-state index in [0.29, 0.717) is 28.6 Å². The molecular weight excluding hydrogens is 378 g/mol. The Hall–Kier alpha value is -1.31. The highest BCUT2D eigenvalue weighted by atomic mass is 16.1. The smallest absolute Gasteiger partial charge is 0.133 e. The summed E-state index contributed by atoms with van der Waals surface area (Å²) in [5, 5.41) is 0. The van der Waals surface area contributed by atoms with Crippen LogP contribution in [-0.2, 0) is 4.79 Å². The van der Waals surface area contributed by atoms with Crippen LogP contribution in [0.1, 0.15) is 85.5 Å². The highest BCUT2D eigenvalue weighted by Gasteiger charge is 2.60. The molecule has 2 heteroatoms. The fraction of sp³-hybridized carbons (Fsp3) is 0.759. The molecule has 170 valence electrons. The molecule has 0 spiro atoms. The van der Waals surface area contributed by atoms with E-state index in [1.807, 2.05) is 6.92 Å². The highest BCUT2D eigenvalue weighted by molar-refractivity contribution is 5.79. The Bertz CT molecular complexity index is 804. The van der Waals surface area contributed by atoms with Crippen LogP contribution in [0.2, 0.25) is 0 Å². The molecule has 4 aliphatic carbocycles. The molecule has 4 saturated carbocycles. The third kappa shape index (κ3) is 3.30. The molecule has 0 N–H and O–H groups in total. The SMILES string of the molecule is CCN(c1ccccc1)[C@@H]1CC[C@@]2(C)C(CCC3C2CC[C@@]2(C)C3CC[C@@H]2C(C)=O)C1. The summed E-state index contributed by atoms with van der Waals surface area (Å²) in [7, 11) is 0. The third-order valence-corrected chi connectivity index (χ3v) is 11.0. The van der Waals surface area contributed by atoms with E-state index < -0.39 is 0 Å². The van der Waals surface area contributed by atoms with E-state index in [1.165, 1.54) is 57.1 Å². The van der Waals surface area contributed by atoms with Crippen molar-refractivity contribution < 1.29 is 4.79 Å². The predicted octanol–water partition coefficient (Wildman–Crippen LogP) is 7.13. The summed E-state index contributed by atoms with van der Waals surface area (Å²) < 4.78 is 0. The average molecular weight is 422 g/mol. The minimum Gasteiger partial charge on any atom is -0.369 e. The van der Waals surface area contributed by atoms with Gasteiger partial charge in [-0.1, -0.05) is 32.0 Å². The van der Waals surface area contributed by atoms with Crippen LogP contribution in [0.15, 0.2) is 30.3 Å². The Labute approximate surface area is 190 Å². The van der Waals surface area contributed by atoms with Crippen LogP contribution in [0.4, 0.5) is 5.69 Å². The van der Waals surface area contributed by atoms with Gasteiger partial charge < -0.3 is 4.90 Å². The van der Waals surface area contributed by atoms with E-state index in [9.17, 15) is 4.79 Å². The molecule has 0 aliphatic heterocycles. The Morgan fingerprint density at radius 2 is 1.65 bits per heavy atom. The Morgan fingerprint density at radius 3 is 2.35 bits per heavy atom. The van der Waals surface area contributed by atoms with Gasteiger partial charge in [0, 0.05) is 24.2 Å². The molecule has 4 aliphatic rings. The van der Waals surface area contributed by atoms with E-state index in [0.717, 1.165) is 36.6 Å². The molecule has 0 amide bonds. The standard InChI is InChI=1S/C29H43NO/c1-5-30(22-9-7-6-8-10-22)23-15-17-28(3)21(19-23)11-12-24-26-14-13-25(20(2)31)29(26,4)18-16-27(24)28/h6-10,21,23-27H,5,11-19H2,1-4H3/t21?,23-,24?,25-,26?,27?,28+,29-/m1/s1. The largest absolute Gasteiger partial charge is 0.369 e. The predicted molar refractivity (Wildman–Crippen MR) is 129 cm³/mol. The number of nitrogens with zero attached hydrogens (tertiary/aromatic N) is 1. The Morgan fingerprint density at radius 1 is 0.935 bits per heavy atom. The van der Waals surface area contributed by atoms with Gasteiger partial charge in [0.05, 0.1) is 0 Å². The van der Waals surface area contributed by atoms with E-state index >= 15 is 0 Å². The first-order valence-corrected chi connectivity index (χ1v) is 13.2. The quantitative estimate of drug-likeness (QED) is 0.515. The molecule has 4 unspecified atom stereocenters. The third-order valence-electron chi connectivity index (χ3n) is 11.0. The maximum absolute atomic E-state index is 12.4. The van der Waals surface area contributed by atoms with Crippen LogP contribution in [0, 0.1) is 40.4 Å². The van der Waals surface area contributed by atoms with Gasteiger partial charge in [-0.15, -0.1) is 0 Å². The molecule has 1 aromatic rings. The van der Waals surface area contributed by atoms with Crippen LogP contribution >= 0.6 is 0 Å². The van der Waals surface area contributed by atoms with Crippen molar-refractivity contribution in [1.82, 2.24) is 0 Å². The summed E-state index contributed by atoms with van der Waals surface area (Å²) in [6, 6.07) is 11.8. The van der Waals surface area contributed by atoms with Crippen molar-refractivity contribution in [2.24, 2.45) is 40.4 Å². The maximum atomic E-state index is 12.4. The van der Waals surface area contributed by atoms with Crippen molar-refractivity contribution >= 4 is 11.5 Å². The number of carbonyl (C=O) groups is 1. The maximum Gasteiger partial charge on any atom is 0.133 e. The summed E-state index contributed by atoms with van der Waals surface area (Å²) in [6.45, 7) is 10.4. The normalized spacial score (nSPS) is 44.1. The number of anilines is 1. The van der Waals surface area contributed by atoms with Crippen LogP contribution in [0.5, 0.6) is 0 Å². The monoisotopic (exact) mass is 421 g/mol. The van der Waals surface area contributed by atoms with Crippen LogP contribution < -0.4 is 4.90 Å². The van der Waals surface area contributed by atoms with E-state index in [4.69, 9.17) is 0 Å². The number of carbonyl (C=O) groups excluding carboxylic acids is 1. The van der Waals surface area contributed by atoms with Gasteiger partial charge in [-0.3, -0.25) is 4.79 Å². The molecule has 8 atom stereocenters. The van der Waals surface area contributed by atoms with E-state index in [2.05, 4.69) is 56.0 Å². The second-order valence-electron chi connectivity index (χ2n) is 12.0. The molecule has 5 rings (SSSR count). The first kappa shape index (κ1) is 21.5. The molecule has 31 heavy (non-hydrogen) atoms. The second-order valence-corrected chi connectivity index (χ2v) is 12.0. The lowest BCUT2D eigenvalue weighted by Gasteiger charge is -2.61. The Balaban J connectivity index is 1.34. The number of Topliss-reactive ketones (excluding diaryl/α,β-unsaturated/α-hetero) is 1. The van der Waals surface area contributed by atoms with Crippen molar-refractivity contribution in [3.8, 4) is 0 Å². The zero-order chi connectivity index (χ0) is 21.8. The molecule has 0 aromatic heterocycles. The molecule has 0 heterocycles. The van der Waals surface area contributed by atoms with E-state index in [1.54, 1.807) is 0 Å². The molecular formula is C29H43NO. The zero-order valence-electron chi connectivity index (χ0n) is 20.3. The van der Waals surface area contributed by atoms with Crippen molar-refractivity contribution in [1.29, 1.82) is 0 Å². The average Bonchev–Trinajstić information content (AvgIpc) is 3.12. The molecule has 0 bridgehead atoms. The molecule has 0 radical (unpaired) electrons. The summed E-state index contributed by atoms with van der Waals surface area (Å²) in [6.07, 6.45) is 12.1. The van der Waals surface area contributed by atoms with Gasteiger partial charge in [0.2, 0.25) is 0 Å². The second kappa shape index (κ2) is 7.92. The van der Waals surface area contributed by atoms with Crippen LogP contribution in [0.3, 0.4) is 0 Å². The van der Waals surface area contributed by atoms with Gasteiger partial charge in [0.15, 0.2) is 0 Å². The number of fused-ring (bicyclic) bond motifs is 5. The number of ketones is 1. The minimum atomic E-state index is 0.291. The van der Waals surface area contributed by atoms with Crippen molar-refractivity contribution in [3.05, 3.63) is 30.3 Å². The lowest BCUT2D eigenvalue weighted by molar-refractivity contribution is -0.134. The zero-order valence-corrected chi connectivity index (χ0v) is 20.3. The van der Waals surface area contributed by atoms with Gasteiger partial charge >= 0.3 is 0 Å². The van der Waals surface area contributed by atoms with Crippen molar-refractivity contribution in [3.63, 3.8) is 0 Å². The molecule has 2 nitrogen and oxygen atoms in total. The first-order chi connectivity index (χ1) is 14.9. The first-order valence-electron chi connectivity index (χ1n) is 13.2. The van der Waals surface area contributed by atoms with Crippen molar-refractivity contribution in [2.45, 2.75) is 91.5 Å². The van der Waals surface area contributed by atoms with Crippen molar-refractivity contribution in [2.75, 3.05) is 11.4 Å². The minimum absolute atomic E-state index is 0.291. The Kier molecular flexibility index (Phi) is 5.50. The number of benzene rings is 1. The summed E-state index contributed by atoms with van der Waals surface area (Å²) in [5.41, 5.74) is 2.21. The number of hydrogen-bond donors (Lipinski definition) is 0. The summed E-state index contributed by atoms with van der Waals surface area (Å²) in [5.74, 6) is 4.24. The summed E-state index contributed by atoms with van der Waals surface area (Å²) >= 11 is 0. The lowest BCUT2D eigenvalue weighted by atomic mass is 9.44. The fourth-order valence-corrected chi connectivity index (χ4v) is 9.46. The number of hydrogen-bond acceptors (Lipinski definition) is 2. The molecule has 4 fully saturated rings.